The van der Waals surface area contributed by atoms with E-state index in [9.17, 15) is 31.2 Å². The average molecular weight is 398 g/mol. The summed E-state index contributed by atoms with van der Waals surface area (Å²) in [4.78, 5) is 23.3. The van der Waals surface area contributed by atoms with E-state index in [4.69, 9.17) is 5.11 Å². The number of hydrogen-bond donors (Lipinski definition) is 2. The number of ether oxygens (including phenoxy) is 1. The quantitative estimate of drug-likeness (QED) is 0.646. The molecule has 0 unspecified atom stereocenters. The fourth-order valence-electron chi connectivity index (χ4n) is 1.86. The van der Waals surface area contributed by atoms with Gasteiger partial charge in [-0.1, -0.05) is 0 Å². The lowest BCUT2D eigenvalue weighted by Gasteiger charge is -2.20. The Labute approximate surface area is 147 Å². The summed E-state index contributed by atoms with van der Waals surface area (Å²) in [5, 5.41) is 8.61. The van der Waals surface area contributed by atoms with Crippen LogP contribution in [0.2, 0.25) is 0 Å². The zero-order valence-electron chi connectivity index (χ0n) is 13.6. The number of amides is 1. The number of aliphatic carboxylic acids is 1. The van der Waals surface area contributed by atoms with Gasteiger partial charge in [0.1, 0.15) is 5.75 Å². The highest BCUT2D eigenvalue weighted by Crippen LogP contribution is 2.23. The van der Waals surface area contributed by atoms with E-state index in [1.807, 2.05) is 4.72 Å². The maximum absolute atomic E-state index is 12.1. The number of carboxylic acid groups (broad SMARTS) is 1. The number of nitrogens with one attached hydrogen (secondary N) is 1. The van der Waals surface area contributed by atoms with Crippen molar-refractivity contribution in [2.24, 2.45) is 0 Å². The molecular formula is C14H17F3N2O6S. The van der Waals surface area contributed by atoms with Gasteiger partial charge < -0.3 is 14.7 Å². The zero-order chi connectivity index (χ0) is 20.0. The number of benzene rings is 1. The third kappa shape index (κ3) is 7.27. The Kier molecular flexibility index (Phi) is 7.39. The molecule has 26 heavy (non-hydrogen) atoms. The van der Waals surface area contributed by atoms with Crippen LogP contribution in [0.25, 0.3) is 0 Å². The highest BCUT2D eigenvalue weighted by Gasteiger charge is 2.31. The van der Waals surface area contributed by atoms with Gasteiger partial charge in [0.2, 0.25) is 15.9 Å². The molecule has 0 bridgehead atoms. The Balaban J connectivity index is 2.70. The Hall–Kier alpha value is -2.34. The molecule has 2 N–H and O–H groups in total. The molecule has 146 valence electrons. The molecule has 12 heteroatoms. The first-order chi connectivity index (χ1) is 11.9. The molecular weight excluding hydrogens is 381 g/mol. The fourth-order valence-corrected chi connectivity index (χ4v) is 2.84. The van der Waals surface area contributed by atoms with Gasteiger partial charge in [-0.15, -0.1) is 13.2 Å². The lowest BCUT2D eigenvalue weighted by Crippen LogP contribution is -2.41. The number of carboxylic acids is 1. The van der Waals surface area contributed by atoms with Crippen molar-refractivity contribution < 1.29 is 41.0 Å². The van der Waals surface area contributed by atoms with Gasteiger partial charge in [0.25, 0.3) is 0 Å². The molecule has 0 radical (unpaired) electrons. The predicted molar refractivity (Wildman–Crippen MR) is 82.8 cm³/mol. The maximum Gasteiger partial charge on any atom is 0.573 e. The number of sulfonamides is 1. The summed E-state index contributed by atoms with van der Waals surface area (Å²) in [7, 11) is -4.14. The lowest BCUT2D eigenvalue weighted by atomic mass is 10.3. The van der Waals surface area contributed by atoms with Crippen LogP contribution in [0.1, 0.15) is 13.3 Å². The number of rotatable bonds is 9. The summed E-state index contributed by atoms with van der Waals surface area (Å²) in [6, 6.07) is 3.45. The molecule has 0 fully saturated rings. The van der Waals surface area contributed by atoms with Crippen molar-refractivity contribution in [2.45, 2.75) is 24.6 Å². The minimum Gasteiger partial charge on any atom is -0.481 e. The molecule has 1 amide bonds. The van der Waals surface area contributed by atoms with E-state index >= 15 is 0 Å². The third-order valence-electron chi connectivity index (χ3n) is 3.11. The molecule has 0 heterocycles. The summed E-state index contributed by atoms with van der Waals surface area (Å²) < 4.78 is 66.0. The van der Waals surface area contributed by atoms with Gasteiger partial charge in [0.15, 0.2) is 0 Å². The molecule has 0 aliphatic heterocycles. The SMILES string of the molecule is CCN(CCC(=O)O)C(=O)CNS(=O)(=O)c1ccc(OC(F)(F)F)cc1. The predicted octanol–water partition coefficient (Wildman–Crippen LogP) is 1.19. The second-order valence-electron chi connectivity index (χ2n) is 4.96. The smallest absolute Gasteiger partial charge is 0.481 e. The van der Waals surface area contributed by atoms with Crippen molar-refractivity contribution in [3.8, 4) is 5.75 Å². The van der Waals surface area contributed by atoms with E-state index in [0.29, 0.717) is 0 Å². The summed E-state index contributed by atoms with van der Waals surface area (Å²) >= 11 is 0. The van der Waals surface area contributed by atoms with Crippen LogP contribution in [0.3, 0.4) is 0 Å². The van der Waals surface area contributed by atoms with Crippen LogP contribution in [0.15, 0.2) is 29.2 Å². The van der Waals surface area contributed by atoms with E-state index in [-0.39, 0.29) is 24.4 Å². The first-order valence-corrected chi connectivity index (χ1v) is 8.78. The topological polar surface area (TPSA) is 113 Å². The molecule has 1 aromatic carbocycles. The highest BCUT2D eigenvalue weighted by atomic mass is 32.2. The van der Waals surface area contributed by atoms with Gasteiger partial charge in [-0.25, -0.2) is 13.1 Å². The number of nitrogens with zero attached hydrogens (tertiary/aromatic N) is 1. The number of hydrogen-bond acceptors (Lipinski definition) is 5. The van der Waals surface area contributed by atoms with E-state index in [0.717, 1.165) is 29.2 Å². The third-order valence-corrected chi connectivity index (χ3v) is 4.53. The van der Waals surface area contributed by atoms with Crippen LogP contribution in [-0.4, -0.2) is 56.3 Å². The first kappa shape index (κ1) is 21.7. The number of alkyl halides is 3. The van der Waals surface area contributed by atoms with E-state index in [2.05, 4.69) is 4.74 Å². The molecule has 8 nitrogen and oxygen atoms in total. The van der Waals surface area contributed by atoms with Crippen molar-refractivity contribution >= 4 is 21.9 Å². The van der Waals surface area contributed by atoms with Crippen LogP contribution in [0, 0.1) is 0 Å². The number of likely N-dealkylation sites (N-methyl/N-ethyl adjacent to an activating group) is 1. The van der Waals surface area contributed by atoms with Gasteiger partial charge in [0.05, 0.1) is 17.9 Å². The largest absolute Gasteiger partial charge is 0.573 e. The van der Waals surface area contributed by atoms with Gasteiger partial charge in [-0.2, -0.15) is 0 Å². The Morgan fingerprint density at radius 2 is 1.81 bits per heavy atom. The number of carbonyl (C=O) groups is 2. The summed E-state index contributed by atoms with van der Waals surface area (Å²) in [5.41, 5.74) is 0. The Bertz CT molecular complexity index is 734. The van der Waals surface area contributed by atoms with E-state index < -0.39 is 40.6 Å². The number of halogens is 3. The van der Waals surface area contributed by atoms with Crippen LogP contribution < -0.4 is 9.46 Å². The monoisotopic (exact) mass is 398 g/mol. The van der Waals surface area contributed by atoms with Crippen molar-refractivity contribution in [3.05, 3.63) is 24.3 Å². The summed E-state index contributed by atoms with van der Waals surface area (Å²) in [6.45, 7) is 1.11. The molecule has 0 spiro atoms. The molecule has 0 saturated heterocycles. The fraction of sp³-hybridized carbons (Fsp3) is 0.429. The minimum atomic E-state index is -4.90. The number of carbonyl (C=O) groups excluding carboxylic acids is 1. The van der Waals surface area contributed by atoms with Gasteiger partial charge in [0, 0.05) is 13.1 Å². The zero-order valence-corrected chi connectivity index (χ0v) is 14.4. The molecule has 1 aromatic rings. The highest BCUT2D eigenvalue weighted by molar-refractivity contribution is 7.89. The Morgan fingerprint density at radius 1 is 1.23 bits per heavy atom. The van der Waals surface area contributed by atoms with Crippen molar-refractivity contribution in [1.82, 2.24) is 9.62 Å². The van der Waals surface area contributed by atoms with E-state index in [1.54, 1.807) is 6.92 Å². The molecule has 0 saturated carbocycles. The minimum absolute atomic E-state index is 0.0735. The standard InChI is InChI=1S/C14H17F3N2O6S/c1-2-19(8-7-13(21)22)12(20)9-18-26(23,24)11-5-3-10(4-6-11)25-14(15,16)17/h3-6,18H,2,7-9H2,1H3,(H,21,22). The lowest BCUT2D eigenvalue weighted by molar-refractivity contribution is -0.274. The van der Waals surface area contributed by atoms with Gasteiger partial charge >= 0.3 is 12.3 Å². The van der Waals surface area contributed by atoms with Crippen molar-refractivity contribution in [2.75, 3.05) is 19.6 Å². The summed E-state index contributed by atoms with van der Waals surface area (Å²) in [5.74, 6) is -2.31. The second-order valence-corrected chi connectivity index (χ2v) is 6.73. The summed E-state index contributed by atoms with van der Waals surface area (Å²) in [6.07, 6.45) is -5.18. The Morgan fingerprint density at radius 3 is 2.27 bits per heavy atom. The van der Waals surface area contributed by atoms with Crippen LogP contribution in [0.5, 0.6) is 5.75 Å². The van der Waals surface area contributed by atoms with Gasteiger partial charge in [-0.3, -0.25) is 9.59 Å². The average Bonchev–Trinajstić information content (AvgIpc) is 2.52. The van der Waals surface area contributed by atoms with Crippen LogP contribution >= 0.6 is 0 Å². The molecule has 0 aliphatic rings. The molecule has 1 rings (SSSR count). The molecule has 0 aromatic heterocycles. The first-order valence-electron chi connectivity index (χ1n) is 7.29. The van der Waals surface area contributed by atoms with Crippen molar-refractivity contribution in [3.63, 3.8) is 0 Å². The molecule has 0 atom stereocenters. The maximum atomic E-state index is 12.1. The van der Waals surface area contributed by atoms with Gasteiger partial charge in [-0.05, 0) is 31.2 Å². The van der Waals surface area contributed by atoms with E-state index in [1.165, 1.54) is 0 Å². The van der Waals surface area contributed by atoms with Crippen LogP contribution in [-0.2, 0) is 19.6 Å². The van der Waals surface area contributed by atoms with Crippen molar-refractivity contribution in [1.29, 1.82) is 0 Å². The second kappa shape index (κ2) is 8.85. The van der Waals surface area contributed by atoms with Crippen LogP contribution in [0.4, 0.5) is 13.2 Å². The normalized spacial score (nSPS) is 11.8. The molecule has 0 aliphatic carbocycles.